The number of nitrogens with zero attached hydrogens (tertiary/aromatic N) is 1. The average molecular weight is 278 g/mol. The second kappa shape index (κ2) is 8.56. The smallest absolute Gasteiger partial charge is 0.269 e. The standard InChI is InChI=1S/C16H26N2O2/c1-4-5-6-7-8-9-14(3)17-16-11-10-15(18(19)20)12-13(16)2/h10-12,14,17H,4-9H2,1-3H3. The second-order valence-corrected chi connectivity index (χ2v) is 5.50. The number of aryl methyl sites for hydroxylation is 1. The number of hydrogen-bond donors (Lipinski definition) is 1. The Hall–Kier alpha value is -1.58. The Labute approximate surface area is 121 Å². The van der Waals surface area contributed by atoms with E-state index in [1.165, 1.54) is 32.1 Å². The zero-order chi connectivity index (χ0) is 15.0. The SMILES string of the molecule is CCCCCCCC(C)Nc1ccc([N+](=O)[O-])cc1C. The van der Waals surface area contributed by atoms with Gasteiger partial charge in [0.2, 0.25) is 0 Å². The number of nitrogens with one attached hydrogen (secondary N) is 1. The fraction of sp³-hybridized carbons (Fsp3) is 0.625. The lowest BCUT2D eigenvalue weighted by Crippen LogP contribution is -2.15. The van der Waals surface area contributed by atoms with Crippen LogP contribution in [0, 0.1) is 17.0 Å². The van der Waals surface area contributed by atoms with Crippen molar-refractivity contribution in [3.8, 4) is 0 Å². The number of nitro benzene ring substituents is 1. The summed E-state index contributed by atoms with van der Waals surface area (Å²) in [6.45, 7) is 6.30. The van der Waals surface area contributed by atoms with Gasteiger partial charge >= 0.3 is 0 Å². The molecular formula is C16H26N2O2. The van der Waals surface area contributed by atoms with Crippen LogP contribution < -0.4 is 5.32 Å². The van der Waals surface area contributed by atoms with Crippen LogP contribution in [-0.2, 0) is 0 Å². The molecule has 1 N–H and O–H groups in total. The molecule has 0 aromatic heterocycles. The highest BCUT2D eigenvalue weighted by atomic mass is 16.6. The van der Waals surface area contributed by atoms with Gasteiger partial charge in [0.25, 0.3) is 5.69 Å². The van der Waals surface area contributed by atoms with Crippen molar-refractivity contribution in [1.82, 2.24) is 0 Å². The topological polar surface area (TPSA) is 55.2 Å². The van der Waals surface area contributed by atoms with Gasteiger partial charge in [0.05, 0.1) is 4.92 Å². The van der Waals surface area contributed by atoms with E-state index in [1.54, 1.807) is 18.2 Å². The summed E-state index contributed by atoms with van der Waals surface area (Å²) in [4.78, 5) is 10.3. The molecule has 1 unspecified atom stereocenters. The van der Waals surface area contributed by atoms with Gasteiger partial charge in [-0.25, -0.2) is 0 Å². The number of nitro groups is 1. The molecule has 0 aliphatic heterocycles. The fourth-order valence-corrected chi connectivity index (χ4v) is 2.32. The summed E-state index contributed by atoms with van der Waals surface area (Å²) in [5, 5.41) is 14.1. The maximum absolute atomic E-state index is 10.7. The average Bonchev–Trinajstić information content (AvgIpc) is 2.40. The molecule has 0 radical (unpaired) electrons. The van der Waals surface area contributed by atoms with Crippen LogP contribution in [-0.4, -0.2) is 11.0 Å². The highest BCUT2D eigenvalue weighted by Crippen LogP contribution is 2.22. The van der Waals surface area contributed by atoms with Crippen LogP contribution in [0.1, 0.15) is 57.9 Å². The predicted molar refractivity (Wildman–Crippen MR) is 84.3 cm³/mol. The molecular weight excluding hydrogens is 252 g/mol. The minimum absolute atomic E-state index is 0.153. The van der Waals surface area contributed by atoms with Crippen LogP contribution in [0.3, 0.4) is 0 Å². The zero-order valence-corrected chi connectivity index (χ0v) is 12.8. The van der Waals surface area contributed by atoms with Crippen molar-refractivity contribution in [1.29, 1.82) is 0 Å². The Bertz CT molecular complexity index is 432. The predicted octanol–water partition coefficient (Wildman–Crippen LogP) is 5.06. The lowest BCUT2D eigenvalue weighted by atomic mass is 10.1. The first kappa shape index (κ1) is 16.5. The van der Waals surface area contributed by atoms with Crippen LogP contribution in [0.4, 0.5) is 11.4 Å². The maximum Gasteiger partial charge on any atom is 0.269 e. The van der Waals surface area contributed by atoms with Gasteiger partial charge in [-0.15, -0.1) is 0 Å². The van der Waals surface area contributed by atoms with E-state index in [9.17, 15) is 10.1 Å². The van der Waals surface area contributed by atoms with Crippen molar-refractivity contribution in [2.45, 2.75) is 65.3 Å². The fourth-order valence-electron chi connectivity index (χ4n) is 2.32. The number of hydrogen-bond acceptors (Lipinski definition) is 3. The molecule has 1 aromatic carbocycles. The molecule has 0 aliphatic carbocycles. The normalized spacial score (nSPS) is 12.2. The summed E-state index contributed by atoms with van der Waals surface area (Å²) in [6, 6.07) is 5.39. The van der Waals surface area contributed by atoms with Gasteiger partial charge in [0.1, 0.15) is 0 Å². The van der Waals surface area contributed by atoms with E-state index in [1.807, 2.05) is 6.92 Å². The van der Waals surface area contributed by atoms with E-state index in [-0.39, 0.29) is 10.6 Å². The lowest BCUT2D eigenvalue weighted by Gasteiger charge is -2.16. The molecule has 4 nitrogen and oxygen atoms in total. The Morgan fingerprint density at radius 3 is 2.55 bits per heavy atom. The second-order valence-electron chi connectivity index (χ2n) is 5.50. The van der Waals surface area contributed by atoms with Crippen LogP contribution in [0.15, 0.2) is 18.2 Å². The van der Waals surface area contributed by atoms with E-state index < -0.39 is 0 Å². The van der Waals surface area contributed by atoms with Crippen LogP contribution in [0.2, 0.25) is 0 Å². The third kappa shape index (κ3) is 5.59. The first-order chi connectivity index (χ1) is 9.54. The maximum atomic E-state index is 10.7. The van der Waals surface area contributed by atoms with Gasteiger partial charge in [-0.2, -0.15) is 0 Å². The van der Waals surface area contributed by atoms with Crippen molar-refractivity contribution in [2.24, 2.45) is 0 Å². The highest BCUT2D eigenvalue weighted by Gasteiger charge is 2.09. The molecule has 0 spiro atoms. The van der Waals surface area contributed by atoms with Crippen LogP contribution >= 0.6 is 0 Å². The van der Waals surface area contributed by atoms with Gasteiger partial charge in [-0.3, -0.25) is 10.1 Å². The van der Waals surface area contributed by atoms with E-state index in [0.717, 1.165) is 17.7 Å². The summed E-state index contributed by atoms with van der Waals surface area (Å²) in [6.07, 6.45) is 7.58. The molecule has 20 heavy (non-hydrogen) atoms. The minimum Gasteiger partial charge on any atom is -0.382 e. The van der Waals surface area contributed by atoms with Crippen molar-refractivity contribution in [3.05, 3.63) is 33.9 Å². The largest absolute Gasteiger partial charge is 0.382 e. The first-order valence-electron chi connectivity index (χ1n) is 7.56. The monoisotopic (exact) mass is 278 g/mol. The summed E-state index contributed by atoms with van der Waals surface area (Å²) in [5.74, 6) is 0. The Kier molecular flexibility index (Phi) is 7.05. The molecule has 0 heterocycles. The molecule has 0 aliphatic rings. The van der Waals surface area contributed by atoms with Gasteiger partial charge in [0, 0.05) is 23.9 Å². The molecule has 1 atom stereocenters. The summed E-state index contributed by atoms with van der Waals surface area (Å²) < 4.78 is 0. The van der Waals surface area contributed by atoms with E-state index in [0.29, 0.717) is 6.04 Å². The van der Waals surface area contributed by atoms with Gasteiger partial charge in [-0.05, 0) is 31.9 Å². The van der Waals surface area contributed by atoms with Crippen LogP contribution in [0.25, 0.3) is 0 Å². The number of rotatable bonds is 9. The van der Waals surface area contributed by atoms with Gasteiger partial charge in [-0.1, -0.05) is 39.0 Å². The molecule has 112 valence electrons. The molecule has 0 fully saturated rings. The van der Waals surface area contributed by atoms with Crippen molar-refractivity contribution >= 4 is 11.4 Å². The Balaban J connectivity index is 2.41. The molecule has 1 aromatic rings. The van der Waals surface area contributed by atoms with E-state index in [4.69, 9.17) is 0 Å². The molecule has 0 amide bonds. The molecule has 0 saturated carbocycles. The molecule has 1 rings (SSSR count). The Morgan fingerprint density at radius 2 is 1.95 bits per heavy atom. The van der Waals surface area contributed by atoms with Gasteiger partial charge in [0.15, 0.2) is 0 Å². The van der Waals surface area contributed by atoms with Gasteiger partial charge < -0.3 is 5.32 Å². The van der Waals surface area contributed by atoms with Crippen LogP contribution in [0.5, 0.6) is 0 Å². The third-order valence-electron chi connectivity index (χ3n) is 3.56. The van der Waals surface area contributed by atoms with E-state index in [2.05, 4.69) is 19.2 Å². The highest BCUT2D eigenvalue weighted by molar-refractivity contribution is 5.55. The Morgan fingerprint density at radius 1 is 1.25 bits per heavy atom. The lowest BCUT2D eigenvalue weighted by molar-refractivity contribution is -0.384. The van der Waals surface area contributed by atoms with E-state index >= 15 is 0 Å². The number of unbranched alkanes of at least 4 members (excludes halogenated alkanes) is 4. The third-order valence-corrected chi connectivity index (χ3v) is 3.56. The summed E-state index contributed by atoms with van der Waals surface area (Å²) >= 11 is 0. The zero-order valence-electron chi connectivity index (χ0n) is 12.8. The van der Waals surface area contributed by atoms with Crippen molar-refractivity contribution in [3.63, 3.8) is 0 Å². The molecule has 0 saturated heterocycles. The minimum atomic E-state index is -0.353. The summed E-state index contributed by atoms with van der Waals surface area (Å²) in [7, 11) is 0. The summed E-state index contributed by atoms with van der Waals surface area (Å²) in [5.41, 5.74) is 2.08. The first-order valence-corrected chi connectivity index (χ1v) is 7.56. The van der Waals surface area contributed by atoms with Crippen molar-refractivity contribution < 1.29 is 4.92 Å². The number of benzene rings is 1. The number of anilines is 1. The molecule has 4 heteroatoms. The molecule has 0 bridgehead atoms. The quantitative estimate of drug-likeness (QED) is 0.390. The van der Waals surface area contributed by atoms with Crippen molar-refractivity contribution in [2.75, 3.05) is 5.32 Å². The number of non-ortho nitro benzene ring substituents is 1.